The highest BCUT2D eigenvalue weighted by Crippen LogP contribution is 2.51. The van der Waals surface area contributed by atoms with Gasteiger partial charge in [-0.1, -0.05) is 36.4 Å². The molecule has 0 saturated heterocycles. The van der Waals surface area contributed by atoms with Crippen LogP contribution in [0.4, 0.5) is 0 Å². The molecular formula is C24H28N3O2. The van der Waals surface area contributed by atoms with Crippen LogP contribution >= 0.6 is 0 Å². The molecule has 151 valence electrons. The van der Waals surface area contributed by atoms with Gasteiger partial charge in [0.1, 0.15) is 6.04 Å². The number of benzene rings is 2. The van der Waals surface area contributed by atoms with Gasteiger partial charge in [0.05, 0.1) is 0 Å². The highest BCUT2D eigenvalue weighted by molar-refractivity contribution is 6.04. The van der Waals surface area contributed by atoms with Crippen molar-refractivity contribution in [3.8, 4) is 0 Å². The Bertz CT molecular complexity index is 916. The molecule has 2 aromatic carbocycles. The van der Waals surface area contributed by atoms with E-state index in [2.05, 4.69) is 49.3 Å². The van der Waals surface area contributed by atoms with Gasteiger partial charge in [0.25, 0.3) is 5.91 Å². The van der Waals surface area contributed by atoms with Gasteiger partial charge in [-0.25, -0.2) is 0 Å². The second kappa shape index (κ2) is 7.64. The van der Waals surface area contributed by atoms with Crippen molar-refractivity contribution in [2.24, 2.45) is 5.73 Å². The third-order valence-electron chi connectivity index (χ3n) is 6.33. The molecule has 2 aromatic rings. The minimum Gasteiger partial charge on any atom is -0.368 e. The highest BCUT2D eigenvalue weighted by Gasteiger charge is 2.43. The van der Waals surface area contributed by atoms with Crippen molar-refractivity contribution in [1.82, 2.24) is 9.80 Å². The molecule has 5 nitrogen and oxygen atoms in total. The summed E-state index contributed by atoms with van der Waals surface area (Å²) >= 11 is 0. The number of fused-ring (bicyclic) bond motifs is 1. The summed E-state index contributed by atoms with van der Waals surface area (Å²) in [6.07, 6.45) is 4.40. The number of nitrogens with two attached hydrogens (primary N) is 1. The van der Waals surface area contributed by atoms with E-state index in [1.54, 1.807) is 23.1 Å². The quantitative estimate of drug-likeness (QED) is 0.754. The van der Waals surface area contributed by atoms with Crippen LogP contribution in [-0.4, -0.2) is 48.8 Å². The molecule has 5 heteroatoms. The molecule has 1 fully saturated rings. The zero-order valence-electron chi connectivity index (χ0n) is 17.1. The summed E-state index contributed by atoms with van der Waals surface area (Å²) in [5, 5.41) is 0. The van der Waals surface area contributed by atoms with E-state index in [1.807, 2.05) is 0 Å². The van der Waals surface area contributed by atoms with Gasteiger partial charge >= 0.3 is 0 Å². The molecule has 1 aliphatic heterocycles. The largest absolute Gasteiger partial charge is 0.368 e. The maximum absolute atomic E-state index is 12.7. The van der Waals surface area contributed by atoms with E-state index in [1.165, 1.54) is 24.8 Å². The zero-order chi connectivity index (χ0) is 20.6. The van der Waals surface area contributed by atoms with Crippen molar-refractivity contribution < 1.29 is 9.59 Å². The first-order chi connectivity index (χ1) is 13.9. The topological polar surface area (TPSA) is 66.6 Å². The van der Waals surface area contributed by atoms with Gasteiger partial charge in [-0.15, -0.1) is 0 Å². The molecule has 1 atom stereocenters. The van der Waals surface area contributed by atoms with Crippen molar-refractivity contribution in [2.45, 2.75) is 37.1 Å². The van der Waals surface area contributed by atoms with Gasteiger partial charge in [0.15, 0.2) is 0 Å². The molecule has 4 rings (SSSR count). The summed E-state index contributed by atoms with van der Waals surface area (Å²) in [5.74, 6) is -0.649. The minimum absolute atomic E-state index is 0.141. The second-order valence-corrected chi connectivity index (χ2v) is 8.58. The summed E-state index contributed by atoms with van der Waals surface area (Å²) in [6, 6.07) is 16.3. The first-order valence-electron chi connectivity index (χ1n) is 10.3. The monoisotopic (exact) mass is 390 g/mol. The van der Waals surface area contributed by atoms with Crippen molar-refractivity contribution >= 4 is 11.8 Å². The van der Waals surface area contributed by atoms with Crippen LogP contribution in [-0.2, 0) is 16.6 Å². The SMILES string of the molecule is CN(C)CCC1(c2ccc(CCN3C(=O)c4ccc[c]c4C3C(N)=O)cc2)CC1. The van der Waals surface area contributed by atoms with E-state index >= 15 is 0 Å². The Balaban J connectivity index is 1.43. The minimum atomic E-state index is -0.723. The van der Waals surface area contributed by atoms with Crippen molar-refractivity contribution in [3.05, 3.63) is 70.8 Å². The van der Waals surface area contributed by atoms with Crippen molar-refractivity contribution in [2.75, 3.05) is 27.2 Å². The van der Waals surface area contributed by atoms with E-state index in [9.17, 15) is 9.59 Å². The van der Waals surface area contributed by atoms with E-state index in [0.717, 1.165) is 12.1 Å². The Morgan fingerprint density at radius 1 is 1.24 bits per heavy atom. The standard InChI is InChI=1S/C24H28N3O2/c1-26(2)16-14-24(12-13-24)18-9-7-17(8-10-18)11-15-27-21(22(25)28)19-5-3-4-6-20(19)23(27)29/h3-4,6-10,21H,11-16H2,1-2H3,(H2,25,28). The fourth-order valence-corrected chi connectivity index (χ4v) is 4.36. The maximum Gasteiger partial charge on any atom is 0.255 e. The van der Waals surface area contributed by atoms with E-state index in [4.69, 9.17) is 5.73 Å². The Morgan fingerprint density at radius 2 is 1.97 bits per heavy atom. The Kier molecular flexibility index (Phi) is 5.17. The molecule has 0 aromatic heterocycles. The van der Waals surface area contributed by atoms with Crippen LogP contribution in [0.15, 0.2) is 42.5 Å². The molecule has 29 heavy (non-hydrogen) atoms. The lowest BCUT2D eigenvalue weighted by Gasteiger charge is -2.23. The molecule has 0 spiro atoms. The molecule has 1 aliphatic carbocycles. The van der Waals surface area contributed by atoms with Gasteiger partial charge in [-0.2, -0.15) is 0 Å². The molecular weight excluding hydrogens is 362 g/mol. The zero-order valence-corrected chi connectivity index (χ0v) is 17.1. The summed E-state index contributed by atoms with van der Waals surface area (Å²) in [4.78, 5) is 28.6. The van der Waals surface area contributed by atoms with Gasteiger partial charge in [0.2, 0.25) is 5.91 Å². The normalized spacial score (nSPS) is 19.5. The predicted molar refractivity (Wildman–Crippen MR) is 112 cm³/mol. The summed E-state index contributed by atoms with van der Waals surface area (Å²) in [5.41, 5.74) is 9.65. The molecule has 2 amide bonds. The average Bonchev–Trinajstić information content (AvgIpc) is 3.45. The van der Waals surface area contributed by atoms with Crippen molar-refractivity contribution in [1.29, 1.82) is 0 Å². The lowest BCUT2D eigenvalue weighted by atomic mass is 9.91. The lowest BCUT2D eigenvalue weighted by molar-refractivity contribution is -0.122. The number of amides is 2. The van der Waals surface area contributed by atoms with Gasteiger partial charge in [-0.05, 0) is 75.0 Å². The fourth-order valence-electron chi connectivity index (χ4n) is 4.36. The number of hydrogen-bond acceptors (Lipinski definition) is 3. The first-order valence-corrected chi connectivity index (χ1v) is 10.3. The molecule has 2 aliphatic rings. The molecule has 1 saturated carbocycles. The molecule has 1 heterocycles. The summed E-state index contributed by atoms with van der Waals surface area (Å²) < 4.78 is 0. The van der Waals surface area contributed by atoms with Crippen LogP contribution in [0.3, 0.4) is 0 Å². The van der Waals surface area contributed by atoms with Gasteiger partial charge in [0, 0.05) is 17.7 Å². The van der Waals surface area contributed by atoms with Crippen LogP contribution in [0.5, 0.6) is 0 Å². The van der Waals surface area contributed by atoms with Crippen LogP contribution < -0.4 is 5.73 Å². The van der Waals surface area contributed by atoms with Crippen molar-refractivity contribution in [3.63, 3.8) is 0 Å². The van der Waals surface area contributed by atoms with Crippen LogP contribution in [0.1, 0.15) is 52.4 Å². The smallest absolute Gasteiger partial charge is 0.255 e. The molecule has 1 radical (unpaired) electrons. The maximum atomic E-state index is 12.7. The number of primary amides is 1. The Morgan fingerprint density at radius 3 is 2.59 bits per heavy atom. The highest BCUT2D eigenvalue weighted by atomic mass is 16.2. The Labute approximate surface area is 172 Å². The van der Waals surface area contributed by atoms with E-state index in [0.29, 0.717) is 29.5 Å². The number of carbonyl (C=O) groups excluding carboxylic acids is 2. The van der Waals surface area contributed by atoms with Crippen LogP contribution in [0.2, 0.25) is 0 Å². The van der Waals surface area contributed by atoms with E-state index < -0.39 is 11.9 Å². The number of nitrogens with zero attached hydrogens (tertiary/aromatic N) is 2. The van der Waals surface area contributed by atoms with Crippen LogP contribution in [0, 0.1) is 6.07 Å². The Hall–Kier alpha value is -2.66. The first kappa shape index (κ1) is 19.6. The average molecular weight is 391 g/mol. The van der Waals surface area contributed by atoms with Gasteiger partial charge in [-0.3, -0.25) is 9.59 Å². The predicted octanol–water partition coefficient (Wildman–Crippen LogP) is 2.69. The number of carbonyl (C=O) groups is 2. The number of hydrogen-bond donors (Lipinski definition) is 1. The second-order valence-electron chi connectivity index (χ2n) is 8.58. The molecule has 0 bridgehead atoms. The lowest BCUT2D eigenvalue weighted by Crippen LogP contribution is -2.37. The fraction of sp³-hybridized carbons (Fsp3) is 0.417. The van der Waals surface area contributed by atoms with Gasteiger partial charge < -0.3 is 15.5 Å². The number of rotatable bonds is 8. The third kappa shape index (κ3) is 3.79. The summed E-state index contributed by atoms with van der Waals surface area (Å²) in [7, 11) is 4.24. The van der Waals surface area contributed by atoms with Crippen LogP contribution in [0.25, 0.3) is 0 Å². The third-order valence-corrected chi connectivity index (χ3v) is 6.33. The summed E-state index contributed by atoms with van der Waals surface area (Å²) in [6.45, 7) is 1.56. The molecule has 2 N–H and O–H groups in total. The molecule has 1 unspecified atom stereocenters. The van der Waals surface area contributed by atoms with E-state index in [-0.39, 0.29) is 5.91 Å².